The largest absolute Gasteiger partial charge is 0.358 e. The second-order valence-corrected chi connectivity index (χ2v) is 7.72. The average molecular weight is 404 g/mol. The van der Waals surface area contributed by atoms with Crippen LogP contribution in [0.15, 0.2) is 48.7 Å². The molecule has 2 aromatic carbocycles. The lowest BCUT2D eigenvalue weighted by Gasteiger charge is -2.27. The molecule has 0 aromatic heterocycles. The molecule has 0 bridgehead atoms. The van der Waals surface area contributed by atoms with Crippen LogP contribution in [0, 0.1) is 24.5 Å². The zero-order chi connectivity index (χ0) is 21.8. The van der Waals surface area contributed by atoms with Crippen molar-refractivity contribution in [2.75, 3.05) is 11.9 Å². The van der Waals surface area contributed by atoms with Crippen LogP contribution in [0.25, 0.3) is 0 Å². The van der Waals surface area contributed by atoms with Crippen molar-refractivity contribution in [3.8, 4) is 0 Å². The summed E-state index contributed by atoms with van der Waals surface area (Å²) in [4.78, 5) is 10.8. The Morgan fingerprint density at radius 3 is 2.31 bits per heavy atom. The second kappa shape index (κ2) is 9.16. The van der Waals surface area contributed by atoms with Crippen molar-refractivity contribution in [2.45, 2.75) is 39.3 Å². The summed E-state index contributed by atoms with van der Waals surface area (Å²) in [6.07, 6.45) is 0.601. The molecule has 0 saturated carbocycles. The topological polar surface area (TPSA) is 41.1 Å². The van der Waals surface area contributed by atoms with Gasteiger partial charge in [-0.1, -0.05) is 43.8 Å². The number of nitrogens with one attached hydrogen (secondary N) is 2. The molecule has 0 saturated heterocycles. The molecule has 2 rings (SSSR count). The van der Waals surface area contributed by atoms with Gasteiger partial charge in [0.1, 0.15) is 5.67 Å². The van der Waals surface area contributed by atoms with Crippen LogP contribution in [-0.2, 0) is 10.5 Å². The Morgan fingerprint density at radius 2 is 1.76 bits per heavy atom. The summed E-state index contributed by atoms with van der Waals surface area (Å²) < 4.78 is 42.2. The van der Waals surface area contributed by atoms with Crippen LogP contribution in [0.5, 0.6) is 0 Å². The van der Waals surface area contributed by atoms with E-state index in [0.717, 1.165) is 5.56 Å². The van der Waals surface area contributed by atoms with E-state index in [9.17, 15) is 18.0 Å². The third-order valence-electron chi connectivity index (χ3n) is 5.17. The van der Waals surface area contributed by atoms with Crippen LogP contribution < -0.4 is 10.6 Å². The van der Waals surface area contributed by atoms with Gasteiger partial charge in [0.2, 0.25) is 6.41 Å². The van der Waals surface area contributed by atoms with Gasteiger partial charge >= 0.3 is 0 Å². The molecule has 3 nitrogen and oxygen atoms in total. The first kappa shape index (κ1) is 22.5. The minimum Gasteiger partial charge on any atom is -0.358 e. The van der Waals surface area contributed by atoms with Crippen LogP contribution >= 0.6 is 0 Å². The van der Waals surface area contributed by atoms with Crippen LogP contribution in [0.4, 0.5) is 18.9 Å². The summed E-state index contributed by atoms with van der Waals surface area (Å²) in [5.74, 6) is -2.31. The maximum atomic E-state index is 14.2. The van der Waals surface area contributed by atoms with Crippen molar-refractivity contribution in [3.05, 3.63) is 77.0 Å². The van der Waals surface area contributed by atoms with E-state index in [2.05, 4.69) is 17.2 Å². The molecule has 2 aromatic rings. The van der Waals surface area contributed by atoms with Gasteiger partial charge in [-0.05, 0) is 43.5 Å². The van der Waals surface area contributed by atoms with Crippen molar-refractivity contribution in [1.82, 2.24) is 5.32 Å². The predicted molar refractivity (Wildman–Crippen MR) is 110 cm³/mol. The van der Waals surface area contributed by atoms with Crippen molar-refractivity contribution < 1.29 is 18.0 Å². The number of anilines is 1. The molecule has 2 N–H and O–H groups in total. The molecule has 0 aliphatic rings. The molecule has 0 aliphatic carbocycles. The highest BCUT2D eigenvalue weighted by molar-refractivity contribution is 5.52. The molecule has 29 heavy (non-hydrogen) atoms. The van der Waals surface area contributed by atoms with Gasteiger partial charge in [0.05, 0.1) is 5.69 Å². The van der Waals surface area contributed by atoms with Gasteiger partial charge in [-0.2, -0.15) is 0 Å². The molecule has 6 heteroatoms. The molecular weight excluding hydrogens is 377 g/mol. The highest BCUT2D eigenvalue weighted by Crippen LogP contribution is 2.32. The molecule has 0 spiro atoms. The van der Waals surface area contributed by atoms with Crippen LogP contribution in [0.1, 0.15) is 43.4 Å². The third-order valence-corrected chi connectivity index (χ3v) is 5.17. The van der Waals surface area contributed by atoms with Gasteiger partial charge in [-0.15, -0.1) is 0 Å². The van der Waals surface area contributed by atoms with Crippen molar-refractivity contribution in [1.29, 1.82) is 0 Å². The Bertz CT molecular complexity index is 873. The zero-order valence-corrected chi connectivity index (χ0v) is 17.2. The van der Waals surface area contributed by atoms with Gasteiger partial charge in [0, 0.05) is 24.1 Å². The van der Waals surface area contributed by atoms with Crippen LogP contribution in [0.2, 0.25) is 0 Å². The Kier molecular flexibility index (Phi) is 7.11. The van der Waals surface area contributed by atoms with E-state index >= 15 is 0 Å². The minimum absolute atomic E-state index is 0.00146. The van der Waals surface area contributed by atoms with Gasteiger partial charge < -0.3 is 10.6 Å². The maximum Gasteiger partial charge on any atom is 0.207 e. The molecule has 1 amide bonds. The lowest BCUT2D eigenvalue weighted by molar-refractivity contribution is -0.109. The van der Waals surface area contributed by atoms with Crippen molar-refractivity contribution in [3.63, 3.8) is 0 Å². The van der Waals surface area contributed by atoms with E-state index in [1.807, 2.05) is 19.1 Å². The lowest BCUT2D eigenvalue weighted by Crippen LogP contribution is -2.27. The molecule has 2 unspecified atom stereocenters. The van der Waals surface area contributed by atoms with Gasteiger partial charge in [0.15, 0.2) is 11.6 Å². The molecule has 0 radical (unpaired) electrons. The molecular formula is C23H27F3N2O. The SMILES string of the molecule is C=C(Nc1ccc(C)c(F)c1F)C(C)C(CNC=O)c1ccc(C(C)(C)F)cc1. The Hall–Kier alpha value is -2.76. The van der Waals surface area contributed by atoms with E-state index < -0.39 is 17.3 Å². The first-order chi connectivity index (χ1) is 13.6. The number of benzene rings is 2. The van der Waals surface area contributed by atoms with Gasteiger partial charge in [-0.3, -0.25) is 4.79 Å². The number of halogens is 3. The summed E-state index contributed by atoms with van der Waals surface area (Å²) in [6, 6.07) is 9.99. The fourth-order valence-electron chi connectivity index (χ4n) is 3.16. The zero-order valence-electron chi connectivity index (χ0n) is 17.2. The number of carbonyl (C=O) groups excluding carboxylic acids is 1. The second-order valence-electron chi connectivity index (χ2n) is 7.72. The van der Waals surface area contributed by atoms with Crippen molar-refractivity contribution in [2.24, 2.45) is 5.92 Å². The third kappa shape index (κ3) is 5.40. The fraction of sp³-hybridized carbons (Fsp3) is 0.348. The monoisotopic (exact) mass is 404 g/mol. The molecule has 0 heterocycles. The van der Waals surface area contributed by atoms with E-state index in [-0.39, 0.29) is 23.1 Å². The smallest absolute Gasteiger partial charge is 0.207 e. The van der Waals surface area contributed by atoms with Crippen molar-refractivity contribution >= 4 is 12.1 Å². The lowest BCUT2D eigenvalue weighted by atomic mass is 9.84. The summed E-state index contributed by atoms with van der Waals surface area (Å²) in [5.41, 5.74) is 0.652. The van der Waals surface area contributed by atoms with E-state index in [1.54, 1.807) is 12.1 Å². The molecule has 2 atom stereocenters. The number of aryl methyl sites for hydroxylation is 1. The Labute approximate surface area is 170 Å². The van der Waals surface area contributed by atoms with E-state index in [4.69, 9.17) is 0 Å². The van der Waals surface area contributed by atoms with E-state index in [1.165, 1.54) is 32.9 Å². The summed E-state index contributed by atoms with van der Waals surface area (Å²) in [6.45, 7) is 10.6. The first-order valence-electron chi connectivity index (χ1n) is 9.43. The number of alkyl halides is 1. The van der Waals surface area contributed by atoms with Crippen LogP contribution in [-0.4, -0.2) is 13.0 Å². The Morgan fingerprint density at radius 1 is 1.14 bits per heavy atom. The fourth-order valence-corrected chi connectivity index (χ4v) is 3.16. The number of hydrogen-bond acceptors (Lipinski definition) is 2. The van der Waals surface area contributed by atoms with Crippen LogP contribution in [0.3, 0.4) is 0 Å². The van der Waals surface area contributed by atoms with Gasteiger partial charge in [-0.25, -0.2) is 13.2 Å². The standard InChI is InChI=1S/C23H27F3N2O/c1-14-6-11-20(22(25)21(14)24)28-16(3)15(2)19(12-27-13-29)17-7-9-18(10-8-17)23(4,5)26/h6-11,13,15,19,28H,3,12H2,1-2,4-5H3,(H,27,29). The minimum atomic E-state index is -1.46. The quantitative estimate of drug-likeness (QED) is 0.537. The summed E-state index contributed by atoms with van der Waals surface area (Å²) in [5, 5.41) is 5.52. The number of allylic oxidation sites excluding steroid dienone is 1. The molecule has 0 fully saturated rings. The average Bonchev–Trinajstić information content (AvgIpc) is 2.68. The predicted octanol–water partition coefficient (Wildman–Crippen LogP) is 5.57. The number of hydrogen-bond donors (Lipinski definition) is 2. The first-order valence-corrected chi connectivity index (χ1v) is 9.43. The Balaban J connectivity index is 2.26. The van der Waals surface area contributed by atoms with Gasteiger partial charge in [0.25, 0.3) is 0 Å². The summed E-state index contributed by atoms with van der Waals surface area (Å²) in [7, 11) is 0. The normalized spacial score (nSPS) is 13.5. The highest BCUT2D eigenvalue weighted by Gasteiger charge is 2.24. The maximum absolute atomic E-state index is 14.2. The van der Waals surface area contributed by atoms with E-state index in [0.29, 0.717) is 24.2 Å². The molecule has 0 aliphatic heterocycles. The molecule has 156 valence electrons. The highest BCUT2D eigenvalue weighted by atomic mass is 19.2. The number of rotatable bonds is 9. The number of amides is 1. The summed E-state index contributed by atoms with van der Waals surface area (Å²) >= 11 is 0. The number of carbonyl (C=O) groups is 1.